The van der Waals surface area contributed by atoms with Gasteiger partial charge >= 0.3 is 0 Å². The summed E-state index contributed by atoms with van der Waals surface area (Å²) in [7, 11) is 0. The van der Waals surface area contributed by atoms with Gasteiger partial charge in [0, 0.05) is 10.7 Å². The molecule has 0 spiro atoms. The Morgan fingerprint density at radius 1 is 1.00 bits per heavy atom. The molecule has 0 aromatic heterocycles. The van der Waals surface area contributed by atoms with Gasteiger partial charge in [0.2, 0.25) is 0 Å². The summed E-state index contributed by atoms with van der Waals surface area (Å²) in [5.41, 5.74) is 0.417. The Labute approximate surface area is 85.3 Å². The zero-order valence-corrected chi connectivity index (χ0v) is 10.2. The van der Waals surface area contributed by atoms with Gasteiger partial charge in [-0.05, 0) is 5.41 Å². The molecule has 0 aromatic carbocycles. The minimum Gasteiger partial charge on any atom is -0.394 e. The van der Waals surface area contributed by atoms with Gasteiger partial charge in [-0.1, -0.05) is 45.7 Å². The third kappa shape index (κ3) is 13.8. The first-order valence-electron chi connectivity index (χ1n) is 3.37. The van der Waals surface area contributed by atoms with E-state index in [1.54, 1.807) is 0 Å². The van der Waals surface area contributed by atoms with Gasteiger partial charge in [0.05, 0.1) is 13.2 Å². The maximum Gasteiger partial charge on any atom is 0.0662 e. The Morgan fingerprint density at radius 2 is 1.27 bits per heavy atom. The molecular weight excluding hydrogens is 276 g/mol. The lowest BCUT2D eigenvalue weighted by atomic mass is 10.0. The van der Waals surface area contributed by atoms with E-state index >= 15 is 0 Å². The first-order valence-corrected chi connectivity index (χ1v) is 5.62. The van der Waals surface area contributed by atoms with Crippen LogP contribution in [0.15, 0.2) is 0 Å². The van der Waals surface area contributed by atoms with E-state index in [9.17, 15) is 0 Å². The van der Waals surface area contributed by atoms with E-state index in [1.165, 1.54) is 0 Å². The highest BCUT2D eigenvalue weighted by atomic mass is 79.9. The normalized spacial score (nSPS) is 10.4. The van der Waals surface area contributed by atoms with E-state index in [-0.39, 0.29) is 13.2 Å². The predicted molar refractivity (Wildman–Crippen MR) is 55.5 cm³/mol. The molecule has 0 aliphatic rings. The van der Waals surface area contributed by atoms with E-state index in [0.29, 0.717) is 5.41 Å². The molecule has 0 aliphatic carbocycles. The van der Waals surface area contributed by atoms with Crippen molar-refractivity contribution < 1.29 is 10.2 Å². The van der Waals surface area contributed by atoms with Gasteiger partial charge in [0.1, 0.15) is 0 Å². The fourth-order valence-corrected chi connectivity index (χ4v) is 0.964. The molecule has 70 valence electrons. The molecule has 0 bridgehead atoms. The van der Waals surface area contributed by atoms with Crippen molar-refractivity contribution in [2.75, 3.05) is 23.9 Å². The summed E-state index contributed by atoms with van der Waals surface area (Å²) < 4.78 is 0. The number of aliphatic hydroxyl groups excluding tert-OH is 2. The van der Waals surface area contributed by atoms with E-state index in [0.717, 1.165) is 10.7 Å². The highest BCUT2D eigenvalue weighted by Gasteiger charge is 2.12. The molecule has 0 heterocycles. The van der Waals surface area contributed by atoms with Gasteiger partial charge in [-0.3, -0.25) is 0 Å². The lowest BCUT2D eigenvalue weighted by Crippen LogP contribution is -2.13. The van der Waals surface area contributed by atoms with E-state index < -0.39 is 0 Å². The molecule has 0 amide bonds. The van der Waals surface area contributed by atoms with Gasteiger partial charge in [-0.25, -0.2) is 0 Å². The lowest BCUT2D eigenvalue weighted by Gasteiger charge is -2.16. The average molecular weight is 292 g/mol. The van der Waals surface area contributed by atoms with Crippen LogP contribution in [0, 0.1) is 5.41 Å². The second-order valence-electron chi connectivity index (χ2n) is 2.88. The van der Waals surface area contributed by atoms with Crippen molar-refractivity contribution in [2.24, 2.45) is 5.41 Å². The zero-order valence-electron chi connectivity index (χ0n) is 6.98. The molecule has 2 nitrogen and oxygen atoms in total. The lowest BCUT2D eigenvalue weighted by molar-refractivity contribution is 0.186. The minimum absolute atomic E-state index is 0.125. The third-order valence-corrected chi connectivity index (χ3v) is 3.86. The number of rotatable bonds is 3. The molecule has 0 radical (unpaired) electrons. The topological polar surface area (TPSA) is 40.5 Å². The number of halogens is 2. The first kappa shape index (κ1) is 14.4. The largest absolute Gasteiger partial charge is 0.394 e. The Kier molecular flexibility index (Phi) is 11.8. The molecule has 0 rings (SSSR count). The van der Waals surface area contributed by atoms with Gasteiger partial charge in [-0.15, -0.1) is 0 Å². The highest BCUT2D eigenvalue weighted by Crippen LogP contribution is 2.19. The summed E-state index contributed by atoms with van der Waals surface area (Å²) in [6.07, 6.45) is 0. The number of alkyl halides is 2. The second-order valence-corrected chi connectivity index (χ2v) is 4.00. The summed E-state index contributed by atoms with van der Waals surface area (Å²) in [6.45, 7) is 4.16. The number of aliphatic hydroxyl groups is 2. The summed E-state index contributed by atoms with van der Waals surface area (Å²) in [5.74, 6) is 0. The SMILES string of the molecule is CC(C)(CBr)CBr.OCCO. The molecule has 0 aromatic rings. The molecule has 11 heavy (non-hydrogen) atoms. The van der Waals surface area contributed by atoms with Crippen LogP contribution in [0.4, 0.5) is 0 Å². The molecule has 0 unspecified atom stereocenters. The Morgan fingerprint density at radius 3 is 1.27 bits per heavy atom. The summed E-state index contributed by atoms with van der Waals surface area (Å²) in [6, 6.07) is 0. The molecule has 0 saturated heterocycles. The van der Waals surface area contributed by atoms with Crippen molar-refractivity contribution >= 4 is 31.9 Å². The quantitative estimate of drug-likeness (QED) is 0.778. The van der Waals surface area contributed by atoms with Crippen molar-refractivity contribution in [3.8, 4) is 0 Å². The Hall–Kier alpha value is 0.880. The van der Waals surface area contributed by atoms with Crippen molar-refractivity contribution in [3.63, 3.8) is 0 Å². The van der Waals surface area contributed by atoms with Crippen LogP contribution in [-0.2, 0) is 0 Å². The highest BCUT2D eigenvalue weighted by molar-refractivity contribution is 9.09. The predicted octanol–water partition coefficient (Wildman–Crippen LogP) is 1.77. The zero-order chi connectivity index (χ0) is 9.33. The van der Waals surface area contributed by atoms with Crippen LogP contribution >= 0.6 is 31.9 Å². The van der Waals surface area contributed by atoms with Crippen LogP contribution in [0.25, 0.3) is 0 Å². The fourth-order valence-electron chi connectivity index (χ4n) is 0.0357. The van der Waals surface area contributed by atoms with Crippen molar-refractivity contribution in [1.82, 2.24) is 0 Å². The van der Waals surface area contributed by atoms with Crippen LogP contribution in [0.1, 0.15) is 13.8 Å². The van der Waals surface area contributed by atoms with E-state index in [2.05, 4.69) is 45.7 Å². The van der Waals surface area contributed by atoms with Crippen molar-refractivity contribution in [1.29, 1.82) is 0 Å². The average Bonchev–Trinajstić information content (AvgIpc) is 2.05. The van der Waals surface area contributed by atoms with Crippen molar-refractivity contribution in [2.45, 2.75) is 13.8 Å². The van der Waals surface area contributed by atoms with Gasteiger partial charge in [0.15, 0.2) is 0 Å². The maximum absolute atomic E-state index is 7.62. The van der Waals surface area contributed by atoms with Crippen LogP contribution < -0.4 is 0 Å². The summed E-state index contributed by atoms with van der Waals surface area (Å²) in [5, 5.41) is 17.4. The van der Waals surface area contributed by atoms with Crippen molar-refractivity contribution in [3.05, 3.63) is 0 Å². The second kappa shape index (κ2) is 8.97. The minimum atomic E-state index is -0.125. The van der Waals surface area contributed by atoms with Gasteiger partial charge < -0.3 is 10.2 Å². The molecule has 0 saturated carbocycles. The van der Waals surface area contributed by atoms with Gasteiger partial charge in [-0.2, -0.15) is 0 Å². The summed E-state index contributed by atoms with van der Waals surface area (Å²) in [4.78, 5) is 0. The Bertz CT molecular complexity index is 68.8. The maximum atomic E-state index is 7.62. The van der Waals surface area contributed by atoms with Crippen LogP contribution in [0.2, 0.25) is 0 Å². The van der Waals surface area contributed by atoms with E-state index in [4.69, 9.17) is 10.2 Å². The first-order chi connectivity index (χ1) is 5.04. The molecular formula is C7H16Br2O2. The van der Waals surface area contributed by atoms with Crippen LogP contribution in [-0.4, -0.2) is 34.1 Å². The number of hydrogen-bond donors (Lipinski definition) is 2. The monoisotopic (exact) mass is 290 g/mol. The molecule has 2 N–H and O–H groups in total. The molecule has 0 aliphatic heterocycles. The standard InChI is InChI=1S/C5H10Br2.C2H6O2/c1-5(2,3-6)4-7;3-1-2-4/h3-4H2,1-2H3;3-4H,1-2H2. The smallest absolute Gasteiger partial charge is 0.0662 e. The van der Waals surface area contributed by atoms with Gasteiger partial charge in [0.25, 0.3) is 0 Å². The van der Waals surface area contributed by atoms with E-state index in [1.807, 2.05) is 0 Å². The molecule has 0 atom stereocenters. The molecule has 0 fully saturated rings. The third-order valence-electron chi connectivity index (χ3n) is 0.824. The Balaban J connectivity index is 0. The van der Waals surface area contributed by atoms with Crippen LogP contribution in [0.5, 0.6) is 0 Å². The van der Waals surface area contributed by atoms with Crippen LogP contribution in [0.3, 0.4) is 0 Å². The molecule has 4 heteroatoms. The number of hydrogen-bond acceptors (Lipinski definition) is 2. The summed E-state index contributed by atoms with van der Waals surface area (Å²) >= 11 is 6.80. The fraction of sp³-hybridized carbons (Fsp3) is 1.00.